The summed E-state index contributed by atoms with van der Waals surface area (Å²) in [4.78, 5) is 28.4. The first-order chi connectivity index (χ1) is 24.4. The number of aryl methyl sites for hydroxylation is 1. The molecule has 0 N–H and O–H groups in total. The summed E-state index contributed by atoms with van der Waals surface area (Å²) in [5.74, 6) is 1.35. The molecule has 0 saturated carbocycles. The maximum Gasteiger partial charge on any atom is 0.417 e. The molecule has 2 amide bonds. The Morgan fingerprint density at radius 3 is 1.78 bits per heavy atom. The number of ether oxygens (including phenoxy) is 5. The Kier molecular flexibility index (Phi) is 18.6. The summed E-state index contributed by atoms with van der Waals surface area (Å²) in [5.41, 5.74) is 1.69. The molecular weight excluding hydrogens is 632 g/mol. The van der Waals surface area contributed by atoms with E-state index in [1.54, 1.807) is 50.6 Å². The first kappa shape index (κ1) is 40.2. The van der Waals surface area contributed by atoms with Gasteiger partial charge in [0.1, 0.15) is 18.9 Å². The van der Waals surface area contributed by atoms with Crippen LogP contribution in [0.2, 0.25) is 0 Å². The molecule has 9 heteroatoms. The van der Waals surface area contributed by atoms with E-state index in [1.165, 1.54) is 71.3 Å². The van der Waals surface area contributed by atoms with Gasteiger partial charge in [0, 0.05) is 18.6 Å². The van der Waals surface area contributed by atoms with Gasteiger partial charge in [0.25, 0.3) is 5.91 Å². The Morgan fingerprint density at radius 2 is 1.22 bits per heavy atom. The first-order valence-electron chi connectivity index (χ1n) is 18.4. The first-order valence-corrected chi connectivity index (χ1v) is 18.4. The lowest BCUT2D eigenvalue weighted by Gasteiger charge is -2.22. The van der Waals surface area contributed by atoms with E-state index in [-0.39, 0.29) is 18.7 Å². The molecule has 0 radical (unpaired) electrons. The highest BCUT2D eigenvalue weighted by Gasteiger charge is 2.27. The van der Waals surface area contributed by atoms with Crippen molar-refractivity contribution < 1.29 is 37.8 Å². The Bertz CT molecular complexity index is 1400. The van der Waals surface area contributed by atoms with Gasteiger partial charge in [-0.25, -0.2) is 14.3 Å². The van der Waals surface area contributed by atoms with Crippen molar-refractivity contribution in [2.75, 3.05) is 27.9 Å². The number of carbonyl (C=O) groups is 2. The number of rotatable bonds is 24. The summed E-state index contributed by atoms with van der Waals surface area (Å²) in [7, 11) is 4.63. The van der Waals surface area contributed by atoms with Crippen LogP contribution in [-0.4, -0.2) is 44.8 Å². The largest absolute Gasteiger partial charge is 0.496 e. The summed E-state index contributed by atoms with van der Waals surface area (Å²) in [6.07, 6.45) is 19.4. The van der Waals surface area contributed by atoms with E-state index in [0.29, 0.717) is 35.2 Å². The van der Waals surface area contributed by atoms with Gasteiger partial charge in [0.15, 0.2) is 23.9 Å². The van der Waals surface area contributed by atoms with E-state index in [0.717, 1.165) is 36.3 Å². The summed E-state index contributed by atoms with van der Waals surface area (Å²) >= 11 is 0. The smallest absolute Gasteiger partial charge is 0.417 e. The highest BCUT2D eigenvalue weighted by molar-refractivity contribution is 6.04. The van der Waals surface area contributed by atoms with Crippen LogP contribution in [0.3, 0.4) is 0 Å². The van der Waals surface area contributed by atoms with Crippen molar-refractivity contribution in [3.8, 4) is 23.0 Å². The molecule has 9 nitrogen and oxygen atoms in total. The van der Waals surface area contributed by atoms with Gasteiger partial charge in [0.2, 0.25) is 5.75 Å². The van der Waals surface area contributed by atoms with Crippen LogP contribution >= 0.6 is 0 Å². The minimum atomic E-state index is -0.781. The molecule has 2 aromatic carbocycles. The predicted molar refractivity (Wildman–Crippen MR) is 196 cm³/mol. The third-order valence-electron chi connectivity index (χ3n) is 8.71. The number of aromatic nitrogens is 1. The fourth-order valence-corrected chi connectivity index (χ4v) is 5.87. The molecule has 0 bridgehead atoms. The summed E-state index contributed by atoms with van der Waals surface area (Å²) in [5, 5.41) is 0. The Hall–Kier alpha value is -4.27. The number of nitrogens with zero attached hydrogens (tertiary/aromatic N) is 2. The molecule has 0 aliphatic rings. The molecule has 50 heavy (non-hydrogen) atoms. The van der Waals surface area contributed by atoms with Crippen molar-refractivity contribution in [3.05, 3.63) is 77.6 Å². The van der Waals surface area contributed by atoms with Crippen molar-refractivity contribution >= 4 is 12.0 Å². The third-order valence-corrected chi connectivity index (χ3v) is 8.71. The average molecular weight is 692 g/mol. The number of methoxy groups -OCH3 is 3. The van der Waals surface area contributed by atoms with Crippen LogP contribution in [0, 0.1) is 0 Å². The topological polar surface area (TPSA) is 87.4 Å². The van der Waals surface area contributed by atoms with Crippen molar-refractivity contribution in [2.45, 2.75) is 117 Å². The zero-order valence-electron chi connectivity index (χ0n) is 31.0. The molecule has 3 aromatic rings. The highest BCUT2D eigenvalue weighted by atomic mass is 16.6. The molecule has 1 aromatic heterocycles. The number of benzene rings is 2. The van der Waals surface area contributed by atoms with Crippen molar-refractivity contribution in [1.82, 2.24) is 4.90 Å². The quantitative estimate of drug-likeness (QED) is 0.0683. The zero-order chi connectivity index (χ0) is 36.0. The van der Waals surface area contributed by atoms with Crippen molar-refractivity contribution in [3.63, 3.8) is 0 Å². The second kappa shape index (κ2) is 23.2. The molecule has 0 aliphatic carbocycles. The molecule has 0 saturated heterocycles. The molecule has 0 unspecified atom stereocenters. The Balaban J connectivity index is 1.59. The number of unbranched alkanes of at least 4 members (excludes halogenated alkanes) is 11. The standard InChI is InChI=1S/C41H59N2O7/c1-6-8-9-10-11-12-13-14-15-16-17-20-28-49-39-37(47-4)29-34(30-38(39)48-5)32-50-41(45)43(31-33-23-26-42(25-7-2)27-24-33)40(44)35-21-18-19-22-36(35)46-3/h18-19,21-24,26-27,29-30H,6-17,20,25,28,31-32H2,1-5H3/q+1. The average Bonchev–Trinajstić information content (AvgIpc) is 3.15. The number of pyridine rings is 1. The van der Waals surface area contributed by atoms with Crippen molar-refractivity contribution in [2.24, 2.45) is 0 Å². The number of amides is 2. The number of hydrogen-bond donors (Lipinski definition) is 0. The molecule has 1 heterocycles. The fraction of sp³-hybridized carbons (Fsp3) is 0.537. The normalized spacial score (nSPS) is 10.8. The molecule has 0 spiro atoms. The van der Waals surface area contributed by atoms with Gasteiger partial charge in [-0.15, -0.1) is 0 Å². The second-order valence-corrected chi connectivity index (χ2v) is 12.7. The van der Waals surface area contributed by atoms with Crippen LogP contribution in [0.15, 0.2) is 60.9 Å². The van der Waals surface area contributed by atoms with Crippen LogP contribution in [-0.2, 0) is 24.4 Å². The van der Waals surface area contributed by atoms with Crippen molar-refractivity contribution in [1.29, 1.82) is 0 Å². The van der Waals surface area contributed by atoms with Gasteiger partial charge in [0.05, 0.1) is 40.0 Å². The van der Waals surface area contributed by atoms with E-state index < -0.39 is 12.0 Å². The number of hydrogen-bond acceptors (Lipinski definition) is 7. The lowest BCUT2D eigenvalue weighted by molar-refractivity contribution is -0.697. The number of carbonyl (C=O) groups excluding carboxylic acids is 2. The maximum absolute atomic E-state index is 13.7. The Morgan fingerprint density at radius 1 is 0.660 bits per heavy atom. The Labute approximate surface area is 299 Å². The summed E-state index contributed by atoms with van der Waals surface area (Å²) in [6, 6.07) is 14.2. The van der Waals surface area contributed by atoms with Gasteiger partial charge in [-0.1, -0.05) is 96.6 Å². The molecular formula is C41H59N2O7+. The van der Waals surface area contributed by atoms with Gasteiger partial charge in [-0.05, 0) is 41.8 Å². The molecule has 0 atom stereocenters. The van der Waals surface area contributed by atoms with Crippen LogP contribution in [0.5, 0.6) is 23.0 Å². The third kappa shape index (κ3) is 13.2. The minimum absolute atomic E-state index is 0.0290. The van der Waals surface area contributed by atoms with Crippen LogP contribution in [0.4, 0.5) is 4.79 Å². The zero-order valence-corrected chi connectivity index (χ0v) is 31.0. The van der Waals surface area contributed by atoms with Crippen LogP contribution in [0.1, 0.15) is 119 Å². The van der Waals surface area contributed by atoms with E-state index in [9.17, 15) is 9.59 Å². The van der Waals surface area contributed by atoms with E-state index in [4.69, 9.17) is 23.7 Å². The molecule has 274 valence electrons. The molecule has 3 rings (SSSR count). The van der Waals surface area contributed by atoms with Crippen LogP contribution < -0.4 is 23.5 Å². The van der Waals surface area contributed by atoms with Crippen LogP contribution in [0.25, 0.3) is 0 Å². The molecule has 0 fully saturated rings. The van der Waals surface area contributed by atoms with E-state index in [2.05, 4.69) is 18.4 Å². The lowest BCUT2D eigenvalue weighted by atomic mass is 10.1. The monoisotopic (exact) mass is 691 g/mol. The number of para-hydroxylation sites is 1. The van der Waals surface area contributed by atoms with Gasteiger partial charge in [-0.3, -0.25) is 4.79 Å². The van der Waals surface area contributed by atoms with Gasteiger partial charge < -0.3 is 23.7 Å². The minimum Gasteiger partial charge on any atom is -0.496 e. The predicted octanol–water partition coefficient (Wildman–Crippen LogP) is 9.47. The van der Waals surface area contributed by atoms with Gasteiger partial charge in [-0.2, -0.15) is 0 Å². The summed E-state index contributed by atoms with van der Waals surface area (Å²) in [6.45, 7) is 5.72. The molecule has 0 aliphatic heterocycles. The van der Waals surface area contributed by atoms with E-state index in [1.807, 2.05) is 24.5 Å². The maximum atomic E-state index is 13.7. The van der Waals surface area contributed by atoms with Gasteiger partial charge >= 0.3 is 6.09 Å². The fourth-order valence-electron chi connectivity index (χ4n) is 5.87. The SMILES string of the molecule is CCCCCCCCCCCCCCOc1c(OC)cc(COC(=O)N(Cc2cc[n+](CCC)cc2)C(=O)c2ccccc2OC)cc1OC. The second-order valence-electron chi connectivity index (χ2n) is 12.7. The number of imide groups is 1. The van der Waals surface area contributed by atoms with E-state index >= 15 is 0 Å². The summed E-state index contributed by atoms with van der Waals surface area (Å²) < 4.78 is 30.6. The highest BCUT2D eigenvalue weighted by Crippen LogP contribution is 2.39. The lowest BCUT2D eigenvalue weighted by Crippen LogP contribution is -2.37.